The number of amides is 1. The first-order chi connectivity index (χ1) is 12.2. The Kier molecular flexibility index (Phi) is 6.55. The highest BCUT2D eigenvalue weighted by Crippen LogP contribution is 2.15. The lowest BCUT2D eigenvalue weighted by Gasteiger charge is -2.24. The van der Waals surface area contributed by atoms with E-state index in [1.165, 1.54) is 12.1 Å². The van der Waals surface area contributed by atoms with E-state index in [-0.39, 0.29) is 24.4 Å². The number of carbonyl (C=O) groups excluding carboxylic acids is 1. The molecule has 2 heterocycles. The van der Waals surface area contributed by atoms with Gasteiger partial charge >= 0.3 is 0 Å². The van der Waals surface area contributed by atoms with Gasteiger partial charge in [0.05, 0.1) is 19.2 Å². The smallest absolute Gasteiger partial charge is 0.234 e. The number of nitrogens with zero attached hydrogens (tertiary/aromatic N) is 1. The zero-order valence-electron chi connectivity index (χ0n) is 14.1. The Labute approximate surface area is 151 Å². The summed E-state index contributed by atoms with van der Waals surface area (Å²) in [5.74, 6) is -0.278. The average molecular weight is 362 g/mol. The number of hydrogen-bond donors (Lipinski definition) is 1. The number of nitrogens with one attached hydrogen (secondary N) is 1. The van der Waals surface area contributed by atoms with Crippen molar-refractivity contribution >= 4 is 17.2 Å². The van der Waals surface area contributed by atoms with Gasteiger partial charge in [-0.15, -0.1) is 11.3 Å². The first-order valence-electron chi connectivity index (χ1n) is 8.56. The highest BCUT2D eigenvalue weighted by Gasteiger charge is 2.21. The minimum absolute atomic E-state index is 0.0252. The van der Waals surface area contributed by atoms with Crippen molar-refractivity contribution < 1.29 is 13.9 Å². The Hall–Kier alpha value is -1.76. The third kappa shape index (κ3) is 5.92. The summed E-state index contributed by atoms with van der Waals surface area (Å²) < 4.78 is 19.1. The van der Waals surface area contributed by atoms with Gasteiger partial charge in [0, 0.05) is 24.6 Å². The Bertz CT molecular complexity index is 672. The van der Waals surface area contributed by atoms with Gasteiger partial charge in [-0.25, -0.2) is 4.39 Å². The van der Waals surface area contributed by atoms with Crippen molar-refractivity contribution in [3.63, 3.8) is 0 Å². The molecule has 1 aromatic heterocycles. The van der Waals surface area contributed by atoms with Crippen LogP contribution in [0.25, 0.3) is 0 Å². The van der Waals surface area contributed by atoms with Crippen molar-refractivity contribution in [3.8, 4) is 0 Å². The second-order valence-corrected chi connectivity index (χ2v) is 7.32. The molecule has 0 spiro atoms. The summed E-state index contributed by atoms with van der Waals surface area (Å²) in [6.45, 7) is 2.82. The molecule has 1 aliphatic heterocycles. The van der Waals surface area contributed by atoms with E-state index in [9.17, 15) is 9.18 Å². The van der Waals surface area contributed by atoms with Crippen molar-refractivity contribution in [1.29, 1.82) is 0 Å². The van der Waals surface area contributed by atoms with Crippen LogP contribution in [0, 0.1) is 5.82 Å². The second kappa shape index (κ2) is 9.08. The van der Waals surface area contributed by atoms with Crippen molar-refractivity contribution in [1.82, 2.24) is 10.2 Å². The maximum absolute atomic E-state index is 13.4. The third-order valence-electron chi connectivity index (χ3n) is 4.19. The number of carbonyl (C=O) groups is 1. The summed E-state index contributed by atoms with van der Waals surface area (Å²) in [6, 6.07) is 10.5. The summed E-state index contributed by atoms with van der Waals surface area (Å²) in [5, 5.41) is 4.95. The molecule has 1 atom stereocenters. The van der Waals surface area contributed by atoms with Crippen LogP contribution in [0.2, 0.25) is 0 Å². The maximum Gasteiger partial charge on any atom is 0.234 e. The summed E-state index contributed by atoms with van der Waals surface area (Å²) in [5.41, 5.74) is 0.865. The lowest BCUT2D eigenvalue weighted by Crippen LogP contribution is -2.40. The number of ether oxygens (including phenoxy) is 1. The summed E-state index contributed by atoms with van der Waals surface area (Å²) in [7, 11) is 0. The fourth-order valence-corrected chi connectivity index (χ4v) is 3.66. The zero-order valence-corrected chi connectivity index (χ0v) is 14.9. The first-order valence-corrected chi connectivity index (χ1v) is 9.44. The van der Waals surface area contributed by atoms with Crippen molar-refractivity contribution in [2.45, 2.75) is 32.0 Å². The van der Waals surface area contributed by atoms with Crippen LogP contribution in [0.5, 0.6) is 0 Å². The van der Waals surface area contributed by atoms with E-state index in [0.29, 0.717) is 19.6 Å². The Morgan fingerprint density at radius 3 is 3.00 bits per heavy atom. The topological polar surface area (TPSA) is 41.6 Å². The van der Waals surface area contributed by atoms with Crippen LogP contribution in [0.1, 0.15) is 23.3 Å². The molecule has 1 fully saturated rings. The zero-order chi connectivity index (χ0) is 17.5. The molecule has 0 aliphatic carbocycles. The molecule has 25 heavy (non-hydrogen) atoms. The number of halogens is 1. The van der Waals surface area contributed by atoms with Crippen LogP contribution >= 0.6 is 11.3 Å². The molecule has 1 amide bonds. The van der Waals surface area contributed by atoms with E-state index < -0.39 is 0 Å². The molecule has 4 nitrogen and oxygen atoms in total. The van der Waals surface area contributed by atoms with Gasteiger partial charge in [0.1, 0.15) is 5.82 Å². The maximum atomic E-state index is 13.4. The van der Waals surface area contributed by atoms with Gasteiger partial charge < -0.3 is 10.1 Å². The number of thiophene rings is 1. The highest BCUT2D eigenvalue weighted by atomic mass is 32.1. The molecule has 0 radical (unpaired) electrons. The van der Waals surface area contributed by atoms with Gasteiger partial charge in [0.25, 0.3) is 0 Å². The molecule has 2 aromatic rings. The molecule has 1 unspecified atom stereocenters. The summed E-state index contributed by atoms with van der Waals surface area (Å²) in [6.07, 6.45) is 2.22. The van der Waals surface area contributed by atoms with Crippen molar-refractivity contribution in [2.75, 3.05) is 19.7 Å². The van der Waals surface area contributed by atoms with E-state index >= 15 is 0 Å². The van der Waals surface area contributed by atoms with Gasteiger partial charge in [-0.3, -0.25) is 9.69 Å². The highest BCUT2D eigenvalue weighted by molar-refractivity contribution is 7.09. The van der Waals surface area contributed by atoms with Crippen molar-refractivity contribution in [3.05, 3.63) is 58.0 Å². The molecule has 3 rings (SSSR count). The van der Waals surface area contributed by atoms with E-state index in [1.807, 2.05) is 28.5 Å². The molecular formula is C19H23FN2O2S. The fourth-order valence-electron chi connectivity index (χ4n) is 3.01. The number of benzene rings is 1. The molecule has 134 valence electrons. The van der Waals surface area contributed by atoms with Gasteiger partial charge in [0.2, 0.25) is 5.91 Å². The van der Waals surface area contributed by atoms with Crippen LogP contribution in [-0.4, -0.2) is 36.6 Å². The van der Waals surface area contributed by atoms with E-state index in [0.717, 1.165) is 29.9 Å². The Balaban J connectivity index is 1.57. The molecule has 1 saturated heterocycles. The summed E-state index contributed by atoms with van der Waals surface area (Å²) in [4.78, 5) is 15.5. The third-order valence-corrected chi connectivity index (χ3v) is 5.06. The standard InChI is InChI=1S/C19H23FN2O2S/c20-16-5-1-4-15(10-16)12-22(13-17-6-2-8-24-17)14-19(23)21-11-18-7-3-9-25-18/h1,3-5,7,9-10,17H,2,6,8,11-14H2,(H,21,23). The van der Waals surface area contributed by atoms with Gasteiger partial charge in [-0.2, -0.15) is 0 Å². The molecule has 1 N–H and O–H groups in total. The molecule has 1 aliphatic rings. The lowest BCUT2D eigenvalue weighted by atomic mass is 10.1. The minimum atomic E-state index is -0.253. The van der Waals surface area contributed by atoms with Crippen LogP contribution in [0.15, 0.2) is 41.8 Å². The van der Waals surface area contributed by atoms with E-state index in [1.54, 1.807) is 17.4 Å². The van der Waals surface area contributed by atoms with Crippen LogP contribution in [0.4, 0.5) is 4.39 Å². The molecule has 6 heteroatoms. The monoisotopic (exact) mass is 362 g/mol. The second-order valence-electron chi connectivity index (χ2n) is 6.29. The SMILES string of the molecule is O=C(CN(Cc1cccc(F)c1)CC1CCCO1)NCc1cccs1. The minimum Gasteiger partial charge on any atom is -0.377 e. The number of hydrogen-bond acceptors (Lipinski definition) is 4. The predicted octanol–water partition coefficient (Wildman–Crippen LogP) is 3.18. The average Bonchev–Trinajstić information content (AvgIpc) is 3.26. The van der Waals surface area contributed by atoms with Crippen molar-refractivity contribution in [2.24, 2.45) is 0 Å². The van der Waals surface area contributed by atoms with Gasteiger partial charge in [-0.1, -0.05) is 18.2 Å². The molecule has 0 bridgehead atoms. The predicted molar refractivity (Wildman–Crippen MR) is 96.8 cm³/mol. The number of rotatable bonds is 8. The van der Waals surface area contributed by atoms with Crippen LogP contribution < -0.4 is 5.32 Å². The first kappa shape index (κ1) is 18.0. The van der Waals surface area contributed by atoms with Gasteiger partial charge in [-0.05, 0) is 42.0 Å². The van der Waals surface area contributed by atoms with Gasteiger partial charge in [0.15, 0.2) is 0 Å². The molecule has 0 saturated carbocycles. The Morgan fingerprint density at radius 2 is 2.28 bits per heavy atom. The normalized spacial score (nSPS) is 17.1. The van der Waals surface area contributed by atoms with E-state index in [4.69, 9.17) is 4.74 Å². The quantitative estimate of drug-likeness (QED) is 0.784. The Morgan fingerprint density at radius 1 is 1.36 bits per heavy atom. The van der Waals surface area contributed by atoms with Crippen LogP contribution in [-0.2, 0) is 22.6 Å². The molecular weight excluding hydrogens is 339 g/mol. The fraction of sp³-hybridized carbons (Fsp3) is 0.421. The lowest BCUT2D eigenvalue weighted by molar-refractivity contribution is -0.122. The van der Waals surface area contributed by atoms with Crippen LogP contribution in [0.3, 0.4) is 0 Å². The summed E-state index contributed by atoms with van der Waals surface area (Å²) >= 11 is 1.62. The van der Waals surface area contributed by atoms with E-state index in [2.05, 4.69) is 5.32 Å². The molecule has 1 aromatic carbocycles. The largest absolute Gasteiger partial charge is 0.377 e.